The van der Waals surface area contributed by atoms with Gasteiger partial charge in [0, 0.05) is 41.1 Å². The minimum absolute atomic E-state index is 0.117. The molecule has 10 heteroatoms. The van der Waals surface area contributed by atoms with E-state index in [9.17, 15) is 13.2 Å². The molecule has 0 radical (unpaired) electrons. The largest absolute Gasteiger partial charge is 0.347 e. The molecule has 0 aliphatic carbocycles. The molecule has 4 rings (SSSR count). The quantitative estimate of drug-likeness (QED) is 0.584. The number of nitrogens with zero attached hydrogens (tertiary/aromatic N) is 2. The van der Waals surface area contributed by atoms with Crippen molar-refractivity contribution in [3.05, 3.63) is 59.8 Å². The van der Waals surface area contributed by atoms with Crippen molar-refractivity contribution in [1.82, 2.24) is 9.29 Å². The molecule has 0 saturated heterocycles. The molecule has 3 aromatic rings. The fraction of sp³-hybridized carbons (Fsp3) is 0.200. The number of anilines is 1. The molecule has 0 saturated carbocycles. The Kier molecular flexibility index (Phi) is 6.03. The highest BCUT2D eigenvalue weighted by Crippen LogP contribution is 2.21. The third-order valence-corrected chi connectivity index (χ3v) is 7.18. The van der Waals surface area contributed by atoms with Gasteiger partial charge in [-0.2, -0.15) is 0 Å². The van der Waals surface area contributed by atoms with Crippen LogP contribution < -0.4 is 10.0 Å². The number of hydrogen-bond donors (Lipinski definition) is 2. The van der Waals surface area contributed by atoms with E-state index in [1.807, 2.05) is 35.0 Å². The van der Waals surface area contributed by atoms with Gasteiger partial charge in [0.1, 0.15) is 0 Å². The summed E-state index contributed by atoms with van der Waals surface area (Å²) in [5.41, 5.74) is 1.51. The van der Waals surface area contributed by atoms with Gasteiger partial charge in [-0.05, 0) is 47.9 Å². The molecule has 2 heterocycles. The first-order valence-electron chi connectivity index (χ1n) is 9.25. The minimum atomic E-state index is -3.68. The SMILES string of the molecule is O=C(CCn1ccc2ccc(Cl)cc21)Nc1ccc(S(=O)(=O)NC2=NCCS2)cc1. The first-order chi connectivity index (χ1) is 14.4. The Labute approximate surface area is 183 Å². The molecule has 1 aliphatic rings. The Balaban J connectivity index is 1.36. The molecule has 0 atom stereocenters. The molecule has 0 bridgehead atoms. The third-order valence-electron chi connectivity index (χ3n) is 4.57. The lowest BCUT2D eigenvalue weighted by Gasteiger charge is -2.09. The van der Waals surface area contributed by atoms with Gasteiger partial charge in [0.2, 0.25) is 5.91 Å². The van der Waals surface area contributed by atoms with E-state index in [1.165, 1.54) is 23.9 Å². The number of carbonyl (C=O) groups is 1. The lowest BCUT2D eigenvalue weighted by molar-refractivity contribution is -0.116. The number of sulfonamides is 1. The maximum absolute atomic E-state index is 12.4. The highest BCUT2D eigenvalue weighted by atomic mass is 35.5. The van der Waals surface area contributed by atoms with E-state index in [4.69, 9.17) is 11.6 Å². The van der Waals surface area contributed by atoms with Gasteiger partial charge >= 0.3 is 0 Å². The molecule has 2 aromatic carbocycles. The summed E-state index contributed by atoms with van der Waals surface area (Å²) in [6.45, 7) is 1.12. The molecule has 1 aliphatic heterocycles. The van der Waals surface area contributed by atoms with Crippen LogP contribution in [0.3, 0.4) is 0 Å². The second kappa shape index (κ2) is 8.71. The van der Waals surface area contributed by atoms with Gasteiger partial charge in [-0.1, -0.05) is 29.4 Å². The number of hydrogen-bond acceptors (Lipinski definition) is 5. The average Bonchev–Trinajstić information content (AvgIpc) is 3.36. The Bertz CT molecular complexity index is 1220. The van der Waals surface area contributed by atoms with Crippen LogP contribution in [0, 0.1) is 0 Å². The smallest absolute Gasteiger partial charge is 0.263 e. The number of carbonyl (C=O) groups excluding carboxylic acids is 1. The van der Waals surface area contributed by atoms with Gasteiger partial charge in [-0.15, -0.1) is 0 Å². The third kappa shape index (κ3) is 4.80. The van der Waals surface area contributed by atoms with Crippen LogP contribution >= 0.6 is 23.4 Å². The summed E-state index contributed by atoms with van der Waals surface area (Å²) in [6.07, 6.45) is 2.20. The van der Waals surface area contributed by atoms with E-state index in [0.29, 0.717) is 29.0 Å². The number of aliphatic imine (C=N–C) groups is 1. The molecule has 7 nitrogen and oxygen atoms in total. The number of aryl methyl sites for hydroxylation is 1. The van der Waals surface area contributed by atoms with Crippen molar-refractivity contribution in [2.24, 2.45) is 4.99 Å². The van der Waals surface area contributed by atoms with Gasteiger partial charge in [-0.3, -0.25) is 14.5 Å². The number of nitrogens with one attached hydrogen (secondary N) is 2. The molecular formula is C20H19ClN4O3S2. The van der Waals surface area contributed by atoms with Crippen LogP contribution in [0.2, 0.25) is 5.02 Å². The summed E-state index contributed by atoms with van der Waals surface area (Å²) < 4.78 is 29.2. The Hall–Kier alpha value is -2.49. The number of amides is 1. The number of thioether (sulfide) groups is 1. The summed E-state index contributed by atoms with van der Waals surface area (Å²) in [4.78, 5) is 16.5. The van der Waals surface area contributed by atoms with Crippen molar-refractivity contribution in [2.45, 2.75) is 17.9 Å². The predicted molar refractivity (Wildman–Crippen MR) is 122 cm³/mol. The van der Waals surface area contributed by atoms with Crippen molar-refractivity contribution in [1.29, 1.82) is 0 Å². The highest BCUT2D eigenvalue weighted by Gasteiger charge is 2.18. The van der Waals surface area contributed by atoms with Gasteiger partial charge in [0.25, 0.3) is 10.0 Å². The van der Waals surface area contributed by atoms with Crippen LogP contribution in [-0.2, 0) is 21.4 Å². The summed E-state index contributed by atoms with van der Waals surface area (Å²) in [6, 6.07) is 13.7. The lowest BCUT2D eigenvalue weighted by Crippen LogP contribution is -2.27. The van der Waals surface area contributed by atoms with Crippen molar-refractivity contribution in [2.75, 3.05) is 17.6 Å². The first-order valence-corrected chi connectivity index (χ1v) is 12.1. The topological polar surface area (TPSA) is 92.6 Å². The second-order valence-electron chi connectivity index (χ2n) is 6.68. The van der Waals surface area contributed by atoms with Crippen molar-refractivity contribution in [3.63, 3.8) is 0 Å². The summed E-state index contributed by atoms with van der Waals surface area (Å²) in [5.74, 6) is 0.610. The molecule has 156 valence electrons. The molecule has 0 fully saturated rings. The molecule has 0 spiro atoms. The number of halogens is 1. The zero-order valence-electron chi connectivity index (χ0n) is 15.8. The highest BCUT2D eigenvalue weighted by molar-refractivity contribution is 8.15. The first kappa shape index (κ1) is 20.8. The maximum Gasteiger partial charge on any atom is 0.263 e. The Morgan fingerprint density at radius 2 is 1.97 bits per heavy atom. The van der Waals surface area contributed by atoms with E-state index >= 15 is 0 Å². The second-order valence-corrected chi connectivity index (χ2v) is 9.88. The fourth-order valence-electron chi connectivity index (χ4n) is 3.09. The number of aromatic nitrogens is 1. The molecule has 30 heavy (non-hydrogen) atoms. The van der Waals surface area contributed by atoms with Gasteiger partial charge in [-0.25, -0.2) is 8.42 Å². The van der Waals surface area contributed by atoms with Crippen molar-refractivity contribution < 1.29 is 13.2 Å². The standard InChI is InChI=1S/C20H19ClN4O3S2/c21-15-2-1-14-7-10-25(18(14)13-15)11-8-19(26)23-16-3-5-17(6-4-16)30(27,28)24-20-22-9-12-29-20/h1-7,10,13H,8-9,11-12H2,(H,22,24)(H,23,26). The van der Waals surface area contributed by atoms with Gasteiger partial charge in [0.05, 0.1) is 11.4 Å². The van der Waals surface area contributed by atoms with E-state index < -0.39 is 10.0 Å². The van der Waals surface area contributed by atoms with Crippen LogP contribution in [-0.4, -0.2) is 36.4 Å². The molecule has 2 N–H and O–H groups in total. The molecule has 0 unspecified atom stereocenters. The Morgan fingerprint density at radius 3 is 2.70 bits per heavy atom. The predicted octanol–water partition coefficient (Wildman–Crippen LogP) is 3.70. The van der Waals surface area contributed by atoms with Crippen molar-refractivity contribution >= 4 is 61.1 Å². The number of fused-ring (bicyclic) bond motifs is 1. The monoisotopic (exact) mass is 462 g/mol. The lowest BCUT2D eigenvalue weighted by atomic mass is 10.2. The summed E-state index contributed by atoms with van der Waals surface area (Å²) in [5, 5.41) is 4.91. The maximum atomic E-state index is 12.4. The molecule has 1 aromatic heterocycles. The number of rotatable bonds is 6. The van der Waals surface area contributed by atoms with E-state index in [1.54, 1.807) is 12.1 Å². The van der Waals surface area contributed by atoms with Crippen LogP contribution in [0.4, 0.5) is 5.69 Å². The summed E-state index contributed by atoms with van der Waals surface area (Å²) >= 11 is 7.44. The van der Waals surface area contributed by atoms with Crippen LogP contribution in [0.5, 0.6) is 0 Å². The fourth-order valence-corrected chi connectivity index (χ4v) is 5.28. The van der Waals surface area contributed by atoms with Gasteiger partial charge in [0.15, 0.2) is 5.17 Å². The molecule has 1 amide bonds. The van der Waals surface area contributed by atoms with Crippen molar-refractivity contribution in [3.8, 4) is 0 Å². The number of benzene rings is 2. The van der Waals surface area contributed by atoms with Crippen LogP contribution in [0.15, 0.2) is 64.6 Å². The van der Waals surface area contributed by atoms with E-state index in [-0.39, 0.29) is 17.2 Å². The van der Waals surface area contributed by atoms with E-state index in [0.717, 1.165) is 16.7 Å². The normalized spacial score (nSPS) is 14.0. The Morgan fingerprint density at radius 1 is 1.17 bits per heavy atom. The van der Waals surface area contributed by atoms with E-state index in [2.05, 4.69) is 15.0 Å². The summed E-state index contributed by atoms with van der Waals surface area (Å²) in [7, 11) is -3.68. The van der Waals surface area contributed by atoms with Crippen LogP contribution in [0.1, 0.15) is 6.42 Å². The zero-order chi connectivity index (χ0) is 21.1. The van der Waals surface area contributed by atoms with Crippen LogP contribution in [0.25, 0.3) is 10.9 Å². The zero-order valence-corrected chi connectivity index (χ0v) is 18.2. The van der Waals surface area contributed by atoms with Gasteiger partial charge < -0.3 is 9.88 Å². The minimum Gasteiger partial charge on any atom is -0.347 e. The molecular weight excluding hydrogens is 444 g/mol. The average molecular weight is 463 g/mol. The number of amidine groups is 1.